The van der Waals surface area contributed by atoms with Crippen LogP contribution >= 0.6 is 0 Å². The molecule has 1 atom stereocenters. The van der Waals surface area contributed by atoms with E-state index in [0.29, 0.717) is 24.8 Å². The SMILES string of the molecule is Cc1cc(C2CCCN(C(=O)c3cc(C4CC4)ncc3F)C2)n2ncnc2n1. The Bertz CT molecular complexity index is 1060. The van der Waals surface area contributed by atoms with Gasteiger partial charge >= 0.3 is 0 Å². The van der Waals surface area contributed by atoms with Gasteiger partial charge in [-0.2, -0.15) is 10.1 Å². The highest BCUT2D eigenvalue weighted by atomic mass is 19.1. The molecule has 0 radical (unpaired) electrons. The summed E-state index contributed by atoms with van der Waals surface area (Å²) in [7, 11) is 0. The van der Waals surface area contributed by atoms with Crippen molar-refractivity contribution in [3.8, 4) is 0 Å². The Morgan fingerprint density at radius 1 is 1.18 bits per heavy atom. The summed E-state index contributed by atoms with van der Waals surface area (Å²) in [5.74, 6) is 0.243. The zero-order valence-corrected chi connectivity index (χ0v) is 15.7. The van der Waals surface area contributed by atoms with Gasteiger partial charge in [0, 0.05) is 36.3 Å². The first kappa shape index (κ1) is 17.2. The summed E-state index contributed by atoms with van der Waals surface area (Å²) in [5.41, 5.74) is 2.82. The molecule has 2 aliphatic rings. The molecule has 1 saturated carbocycles. The first-order chi connectivity index (χ1) is 13.6. The van der Waals surface area contributed by atoms with E-state index in [0.717, 1.165) is 42.8 Å². The Kier molecular flexibility index (Phi) is 4.07. The van der Waals surface area contributed by atoms with Gasteiger partial charge in [-0.15, -0.1) is 0 Å². The van der Waals surface area contributed by atoms with Gasteiger partial charge in [0.25, 0.3) is 11.7 Å². The lowest BCUT2D eigenvalue weighted by Gasteiger charge is -2.33. The van der Waals surface area contributed by atoms with Crippen LogP contribution in [0.1, 0.15) is 65.0 Å². The van der Waals surface area contributed by atoms with Crippen molar-refractivity contribution >= 4 is 11.7 Å². The van der Waals surface area contributed by atoms with Crippen molar-refractivity contribution in [1.29, 1.82) is 0 Å². The number of hydrogen-bond acceptors (Lipinski definition) is 5. The number of halogens is 1. The van der Waals surface area contributed by atoms with Crippen LogP contribution in [-0.4, -0.2) is 48.5 Å². The van der Waals surface area contributed by atoms with Crippen molar-refractivity contribution < 1.29 is 9.18 Å². The molecule has 1 amide bonds. The van der Waals surface area contributed by atoms with E-state index in [4.69, 9.17) is 0 Å². The highest BCUT2D eigenvalue weighted by Crippen LogP contribution is 2.39. The largest absolute Gasteiger partial charge is 0.338 e. The number of carbonyl (C=O) groups excluding carboxylic acids is 1. The van der Waals surface area contributed by atoms with E-state index >= 15 is 0 Å². The fourth-order valence-corrected chi connectivity index (χ4v) is 4.04. The standard InChI is InChI=1S/C20H21FN6O/c1-12-7-18(27-20(25-12)23-11-24-27)14-3-2-6-26(10-14)19(28)15-8-17(13-4-5-13)22-9-16(15)21/h7-9,11,13-14H,2-6,10H2,1H3. The number of rotatable bonds is 3. The number of nitrogens with zero attached hydrogens (tertiary/aromatic N) is 6. The van der Waals surface area contributed by atoms with Crippen LogP contribution in [0, 0.1) is 12.7 Å². The minimum Gasteiger partial charge on any atom is -0.338 e. The van der Waals surface area contributed by atoms with E-state index in [1.807, 2.05) is 13.0 Å². The number of carbonyl (C=O) groups is 1. The Labute approximate surface area is 161 Å². The predicted octanol–water partition coefficient (Wildman–Crippen LogP) is 2.86. The van der Waals surface area contributed by atoms with Crippen LogP contribution in [0.25, 0.3) is 5.78 Å². The van der Waals surface area contributed by atoms with Gasteiger partial charge in [0.2, 0.25) is 0 Å². The van der Waals surface area contributed by atoms with Crippen molar-refractivity contribution in [2.24, 2.45) is 0 Å². The molecule has 0 spiro atoms. The first-order valence-corrected chi connectivity index (χ1v) is 9.72. The Hall–Kier alpha value is -2.90. The number of likely N-dealkylation sites (tertiary alicyclic amines) is 1. The van der Waals surface area contributed by atoms with Crippen LogP contribution in [0.4, 0.5) is 4.39 Å². The van der Waals surface area contributed by atoms with Gasteiger partial charge < -0.3 is 4.90 Å². The molecule has 144 valence electrons. The average Bonchev–Trinajstić information content (AvgIpc) is 3.45. The molecule has 1 aliphatic heterocycles. The summed E-state index contributed by atoms with van der Waals surface area (Å²) in [6.07, 6.45) is 6.60. The second-order valence-electron chi connectivity index (χ2n) is 7.75. The third-order valence-electron chi connectivity index (χ3n) is 5.64. The third-order valence-corrected chi connectivity index (χ3v) is 5.64. The van der Waals surface area contributed by atoms with E-state index in [-0.39, 0.29) is 17.4 Å². The highest BCUT2D eigenvalue weighted by molar-refractivity contribution is 5.94. The van der Waals surface area contributed by atoms with Crippen LogP contribution < -0.4 is 0 Å². The summed E-state index contributed by atoms with van der Waals surface area (Å²) in [6, 6.07) is 3.64. The Morgan fingerprint density at radius 2 is 2.04 bits per heavy atom. The molecule has 4 heterocycles. The Morgan fingerprint density at radius 3 is 2.86 bits per heavy atom. The van der Waals surface area contributed by atoms with Gasteiger partial charge in [-0.25, -0.2) is 13.9 Å². The van der Waals surface area contributed by atoms with Gasteiger partial charge in [-0.1, -0.05) is 0 Å². The third kappa shape index (κ3) is 3.02. The molecule has 2 fully saturated rings. The summed E-state index contributed by atoms with van der Waals surface area (Å²) in [5, 5.41) is 4.29. The van der Waals surface area contributed by atoms with E-state index in [1.165, 1.54) is 12.5 Å². The zero-order chi connectivity index (χ0) is 19.3. The second kappa shape index (κ2) is 6.61. The topological polar surface area (TPSA) is 76.3 Å². The second-order valence-corrected chi connectivity index (χ2v) is 7.75. The normalized spacial score (nSPS) is 19.9. The van der Waals surface area contributed by atoms with Crippen LogP contribution in [0.3, 0.4) is 0 Å². The van der Waals surface area contributed by atoms with Crippen molar-refractivity contribution in [2.45, 2.75) is 44.4 Å². The number of aryl methyl sites for hydroxylation is 1. The average molecular weight is 380 g/mol. The van der Waals surface area contributed by atoms with E-state index in [9.17, 15) is 9.18 Å². The minimum atomic E-state index is -0.546. The maximum absolute atomic E-state index is 14.4. The van der Waals surface area contributed by atoms with Crippen LogP contribution in [-0.2, 0) is 0 Å². The lowest BCUT2D eigenvalue weighted by molar-refractivity contribution is 0.0700. The van der Waals surface area contributed by atoms with Gasteiger partial charge in [-0.05, 0) is 44.7 Å². The molecule has 0 N–H and O–H groups in total. The smallest absolute Gasteiger partial charge is 0.256 e. The molecule has 0 bridgehead atoms. The number of fused-ring (bicyclic) bond motifs is 1. The molecular weight excluding hydrogens is 359 g/mol. The lowest BCUT2D eigenvalue weighted by atomic mass is 9.93. The van der Waals surface area contributed by atoms with Crippen molar-refractivity contribution in [1.82, 2.24) is 29.5 Å². The molecule has 1 saturated heterocycles. The molecule has 3 aromatic rings. The molecule has 0 aromatic carbocycles. The molecule has 5 rings (SSSR count). The molecule has 28 heavy (non-hydrogen) atoms. The van der Waals surface area contributed by atoms with Gasteiger partial charge in [0.05, 0.1) is 17.5 Å². The predicted molar refractivity (Wildman–Crippen MR) is 99.6 cm³/mol. The fraction of sp³-hybridized carbons (Fsp3) is 0.450. The monoisotopic (exact) mass is 380 g/mol. The summed E-state index contributed by atoms with van der Waals surface area (Å²) in [6.45, 7) is 3.08. The van der Waals surface area contributed by atoms with E-state index in [1.54, 1.807) is 15.5 Å². The van der Waals surface area contributed by atoms with Gasteiger partial charge in [-0.3, -0.25) is 9.78 Å². The van der Waals surface area contributed by atoms with Crippen LogP contribution in [0.2, 0.25) is 0 Å². The first-order valence-electron chi connectivity index (χ1n) is 9.72. The summed E-state index contributed by atoms with van der Waals surface area (Å²) >= 11 is 0. The number of hydrogen-bond donors (Lipinski definition) is 0. The maximum atomic E-state index is 14.4. The number of piperidine rings is 1. The summed E-state index contributed by atoms with van der Waals surface area (Å²) in [4.78, 5) is 27.6. The zero-order valence-electron chi connectivity index (χ0n) is 15.7. The summed E-state index contributed by atoms with van der Waals surface area (Å²) < 4.78 is 16.1. The molecular formula is C20H21FN6O. The number of pyridine rings is 1. The number of aromatic nitrogens is 5. The van der Waals surface area contributed by atoms with Gasteiger partial charge in [0.1, 0.15) is 6.33 Å². The van der Waals surface area contributed by atoms with Crippen LogP contribution in [0.5, 0.6) is 0 Å². The van der Waals surface area contributed by atoms with E-state index in [2.05, 4.69) is 20.1 Å². The quantitative estimate of drug-likeness (QED) is 0.698. The van der Waals surface area contributed by atoms with Crippen molar-refractivity contribution in [3.05, 3.63) is 53.1 Å². The minimum absolute atomic E-state index is 0.108. The highest BCUT2D eigenvalue weighted by Gasteiger charge is 2.31. The molecule has 1 unspecified atom stereocenters. The fourth-order valence-electron chi connectivity index (χ4n) is 4.04. The Balaban J connectivity index is 1.43. The van der Waals surface area contributed by atoms with E-state index < -0.39 is 5.82 Å². The lowest BCUT2D eigenvalue weighted by Crippen LogP contribution is -2.40. The van der Waals surface area contributed by atoms with Crippen molar-refractivity contribution in [2.75, 3.05) is 13.1 Å². The van der Waals surface area contributed by atoms with Gasteiger partial charge in [0.15, 0.2) is 5.82 Å². The number of amides is 1. The maximum Gasteiger partial charge on any atom is 0.256 e. The van der Waals surface area contributed by atoms with Crippen LogP contribution in [0.15, 0.2) is 24.7 Å². The molecule has 3 aromatic heterocycles. The van der Waals surface area contributed by atoms with Crippen molar-refractivity contribution in [3.63, 3.8) is 0 Å². The molecule has 7 nitrogen and oxygen atoms in total. The molecule has 8 heteroatoms. The molecule has 1 aliphatic carbocycles.